The maximum atomic E-state index is 4.12. The largest absolute Gasteiger partial charge is 0.310 e. The fourth-order valence-corrected chi connectivity index (χ4v) is 2.66. The minimum atomic E-state index is 0.562. The van der Waals surface area contributed by atoms with Gasteiger partial charge in [0.05, 0.1) is 0 Å². The van der Waals surface area contributed by atoms with E-state index in [0.717, 1.165) is 18.4 Å². The Morgan fingerprint density at radius 3 is 2.64 bits per heavy atom. The molecule has 0 radical (unpaired) electrons. The molecule has 0 amide bonds. The summed E-state index contributed by atoms with van der Waals surface area (Å²) >= 11 is 0. The monoisotopic (exact) mass is 195 g/mol. The summed E-state index contributed by atoms with van der Waals surface area (Å²) in [5.74, 6) is 1.71. The molecule has 1 heteroatoms. The molecule has 1 N–H and O–H groups in total. The normalized spacial score (nSPS) is 29.1. The van der Waals surface area contributed by atoms with Gasteiger partial charge in [-0.1, -0.05) is 38.8 Å². The fraction of sp³-hybridized carbons (Fsp3) is 0.846. The van der Waals surface area contributed by atoms with E-state index in [-0.39, 0.29) is 0 Å². The molecule has 1 rings (SSSR count). The van der Waals surface area contributed by atoms with Gasteiger partial charge in [-0.2, -0.15) is 0 Å². The van der Waals surface area contributed by atoms with Crippen LogP contribution in [0.1, 0.15) is 46.5 Å². The molecule has 1 aliphatic rings. The van der Waals surface area contributed by atoms with Crippen molar-refractivity contribution in [2.45, 2.75) is 52.5 Å². The van der Waals surface area contributed by atoms with Crippen LogP contribution >= 0.6 is 0 Å². The summed E-state index contributed by atoms with van der Waals surface area (Å²) in [6.07, 6.45) is 5.41. The lowest BCUT2D eigenvalue weighted by Crippen LogP contribution is -2.38. The number of hydrogen-bond acceptors (Lipinski definition) is 1. The Kier molecular flexibility index (Phi) is 4.67. The van der Waals surface area contributed by atoms with Crippen molar-refractivity contribution in [1.82, 2.24) is 5.32 Å². The Morgan fingerprint density at radius 1 is 1.50 bits per heavy atom. The summed E-state index contributed by atoms with van der Waals surface area (Å²) in [4.78, 5) is 0. The summed E-state index contributed by atoms with van der Waals surface area (Å²) in [7, 11) is 0. The van der Waals surface area contributed by atoms with Gasteiger partial charge in [0.15, 0.2) is 0 Å². The van der Waals surface area contributed by atoms with Crippen molar-refractivity contribution in [2.24, 2.45) is 11.8 Å². The van der Waals surface area contributed by atoms with Crippen molar-refractivity contribution < 1.29 is 0 Å². The van der Waals surface area contributed by atoms with Crippen LogP contribution in [0.4, 0.5) is 0 Å². The molecule has 14 heavy (non-hydrogen) atoms. The molecule has 1 fully saturated rings. The van der Waals surface area contributed by atoms with E-state index in [0.29, 0.717) is 6.04 Å². The number of rotatable bonds is 5. The predicted molar refractivity (Wildman–Crippen MR) is 63.4 cm³/mol. The molecule has 82 valence electrons. The van der Waals surface area contributed by atoms with Crippen LogP contribution in [-0.4, -0.2) is 12.6 Å². The van der Waals surface area contributed by atoms with Crippen LogP contribution in [0.25, 0.3) is 0 Å². The van der Waals surface area contributed by atoms with Gasteiger partial charge in [-0.05, 0) is 38.1 Å². The molecule has 0 aromatic carbocycles. The fourth-order valence-electron chi connectivity index (χ4n) is 2.66. The lowest BCUT2D eigenvalue weighted by Gasteiger charge is -2.28. The lowest BCUT2D eigenvalue weighted by atomic mass is 9.86. The van der Waals surface area contributed by atoms with Crippen LogP contribution < -0.4 is 5.32 Å². The van der Waals surface area contributed by atoms with Gasteiger partial charge in [0.2, 0.25) is 0 Å². The standard InChI is InChI=1S/C13H25N/c1-5-9-14-13(10(2)3)12-8-6-7-11(12)4/h11-14H,2,5-9H2,1,3-4H3. The summed E-state index contributed by atoms with van der Waals surface area (Å²) in [6, 6.07) is 0.562. The van der Waals surface area contributed by atoms with E-state index in [1.165, 1.54) is 31.3 Å². The highest BCUT2D eigenvalue weighted by Gasteiger charge is 2.30. The molecule has 0 aliphatic heterocycles. The SMILES string of the molecule is C=C(C)C(NCCC)C1CCCC1C. The summed E-state index contributed by atoms with van der Waals surface area (Å²) in [5, 5.41) is 3.64. The van der Waals surface area contributed by atoms with E-state index in [9.17, 15) is 0 Å². The first-order chi connectivity index (χ1) is 6.66. The van der Waals surface area contributed by atoms with Crippen LogP contribution in [0.5, 0.6) is 0 Å². The van der Waals surface area contributed by atoms with Gasteiger partial charge in [0.25, 0.3) is 0 Å². The average molecular weight is 195 g/mol. The highest BCUT2D eigenvalue weighted by molar-refractivity contribution is 5.06. The molecule has 0 spiro atoms. The first-order valence-corrected chi connectivity index (χ1v) is 6.05. The minimum Gasteiger partial charge on any atom is -0.310 e. The molecule has 1 aliphatic carbocycles. The first kappa shape index (κ1) is 11.8. The third-order valence-corrected chi connectivity index (χ3v) is 3.50. The second kappa shape index (κ2) is 5.55. The van der Waals surface area contributed by atoms with Crippen molar-refractivity contribution in [3.05, 3.63) is 12.2 Å². The summed E-state index contributed by atoms with van der Waals surface area (Å²) in [6.45, 7) is 12.0. The van der Waals surface area contributed by atoms with Crippen LogP contribution in [0.3, 0.4) is 0 Å². The lowest BCUT2D eigenvalue weighted by molar-refractivity contribution is 0.327. The Bertz CT molecular complexity index is 186. The zero-order valence-corrected chi connectivity index (χ0v) is 9.97. The molecule has 1 nitrogen and oxygen atoms in total. The van der Waals surface area contributed by atoms with E-state index in [4.69, 9.17) is 0 Å². The smallest absolute Gasteiger partial charge is 0.0305 e. The van der Waals surface area contributed by atoms with Gasteiger partial charge in [-0.15, -0.1) is 0 Å². The molecule has 3 atom stereocenters. The topological polar surface area (TPSA) is 12.0 Å². The van der Waals surface area contributed by atoms with Crippen LogP contribution in [-0.2, 0) is 0 Å². The van der Waals surface area contributed by atoms with Crippen molar-refractivity contribution in [1.29, 1.82) is 0 Å². The predicted octanol–water partition coefficient (Wildman–Crippen LogP) is 3.37. The third kappa shape index (κ3) is 2.84. The van der Waals surface area contributed by atoms with Crippen molar-refractivity contribution in [2.75, 3.05) is 6.54 Å². The van der Waals surface area contributed by atoms with Crippen molar-refractivity contribution >= 4 is 0 Å². The maximum absolute atomic E-state index is 4.12. The van der Waals surface area contributed by atoms with Crippen LogP contribution in [0, 0.1) is 11.8 Å². The van der Waals surface area contributed by atoms with Gasteiger partial charge < -0.3 is 5.32 Å². The van der Waals surface area contributed by atoms with E-state index < -0.39 is 0 Å². The average Bonchev–Trinajstić information content (AvgIpc) is 2.52. The number of nitrogens with one attached hydrogen (secondary N) is 1. The summed E-state index contributed by atoms with van der Waals surface area (Å²) < 4.78 is 0. The molecule has 0 saturated heterocycles. The molecular weight excluding hydrogens is 170 g/mol. The van der Waals surface area contributed by atoms with Gasteiger partial charge in [-0.25, -0.2) is 0 Å². The Hall–Kier alpha value is -0.300. The molecule has 0 heterocycles. The second-order valence-corrected chi connectivity index (χ2v) is 4.85. The van der Waals surface area contributed by atoms with Crippen molar-refractivity contribution in [3.63, 3.8) is 0 Å². The maximum Gasteiger partial charge on any atom is 0.0305 e. The van der Waals surface area contributed by atoms with E-state index >= 15 is 0 Å². The minimum absolute atomic E-state index is 0.562. The molecule has 0 aromatic heterocycles. The van der Waals surface area contributed by atoms with Gasteiger partial charge in [0, 0.05) is 6.04 Å². The number of hydrogen-bond donors (Lipinski definition) is 1. The van der Waals surface area contributed by atoms with Crippen LogP contribution in [0.15, 0.2) is 12.2 Å². The van der Waals surface area contributed by atoms with E-state index in [1.807, 2.05) is 0 Å². The zero-order valence-electron chi connectivity index (χ0n) is 9.97. The van der Waals surface area contributed by atoms with E-state index in [1.54, 1.807) is 0 Å². The Balaban J connectivity index is 2.52. The molecule has 0 aromatic rings. The highest BCUT2D eigenvalue weighted by Crippen LogP contribution is 2.35. The molecule has 1 saturated carbocycles. The van der Waals surface area contributed by atoms with Crippen LogP contribution in [0.2, 0.25) is 0 Å². The first-order valence-electron chi connectivity index (χ1n) is 6.05. The zero-order chi connectivity index (χ0) is 10.6. The molecule has 3 unspecified atom stereocenters. The Labute approximate surface area is 89.0 Å². The second-order valence-electron chi connectivity index (χ2n) is 4.85. The molecular formula is C13H25N. The van der Waals surface area contributed by atoms with Crippen molar-refractivity contribution in [3.8, 4) is 0 Å². The van der Waals surface area contributed by atoms with Gasteiger partial charge in [0.1, 0.15) is 0 Å². The quantitative estimate of drug-likeness (QED) is 0.663. The highest BCUT2D eigenvalue weighted by atomic mass is 14.9. The van der Waals surface area contributed by atoms with Gasteiger partial charge >= 0.3 is 0 Å². The molecule has 0 bridgehead atoms. The Morgan fingerprint density at radius 2 is 2.21 bits per heavy atom. The third-order valence-electron chi connectivity index (χ3n) is 3.50. The van der Waals surface area contributed by atoms with E-state index in [2.05, 4.69) is 32.7 Å². The van der Waals surface area contributed by atoms with Gasteiger partial charge in [-0.3, -0.25) is 0 Å². The summed E-state index contributed by atoms with van der Waals surface area (Å²) in [5.41, 5.74) is 1.32.